The first-order valence-corrected chi connectivity index (χ1v) is 20.7. The maximum Gasteiger partial charge on any atom is 0.264 e. The van der Waals surface area contributed by atoms with E-state index in [1.165, 1.54) is 71.8 Å². The van der Waals surface area contributed by atoms with E-state index in [0.717, 1.165) is 34.3 Å². The third-order valence-corrected chi connectivity index (χ3v) is 14.2. The van der Waals surface area contributed by atoms with Crippen molar-refractivity contribution in [2.45, 2.75) is 118 Å². The molecule has 0 saturated carbocycles. The van der Waals surface area contributed by atoms with Crippen molar-refractivity contribution in [2.75, 3.05) is 9.80 Å². The zero-order chi connectivity index (χ0) is 40.7. The molecule has 0 saturated heterocycles. The Morgan fingerprint density at radius 2 is 1.37 bits per heavy atom. The van der Waals surface area contributed by atoms with Crippen molar-refractivity contribution in [1.29, 1.82) is 0 Å². The molecule has 6 aromatic rings. The van der Waals surface area contributed by atoms with E-state index in [1.807, 2.05) is 12.1 Å². The molecule has 5 aromatic carbocycles. The average molecular weight is 730 g/mol. The van der Waals surface area contributed by atoms with Crippen LogP contribution in [0.5, 0.6) is 0 Å². The molecule has 2 nitrogen and oxygen atoms in total. The van der Waals surface area contributed by atoms with Crippen LogP contribution in [0.4, 0.5) is 34.1 Å². The van der Waals surface area contributed by atoms with E-state index in [9.17, 15) is 0 Å². The van der Waals surface area contributed by atoms with Crippen molar-refractivity contribution in [3.05, 3.63) is 124 Å². The van der Waals surface area contributed by atoms with Crippen LogP contribution in [0.1, 0.15) is 124 Å². The predicted molar refractivity (Wildman–Crippen MR) is 238 cm³/mol. The van der Waals surface area contributed by atoms with Crippen molar-refractivity contribution in [3.8, 4) is 0 Å². The Hall–Kier alpha value is -4.28. The highest BCUT2D eigenvalue weighted by Gasteiger charge is 2.48. The van der Waals surface area contributed by atoms with Crippen LogP contribution >= 0.6 is 11.3 Å². The number of nitrogens with zero attached hydrogens (tertiary/aromatic N) is 2. The summed E-state index contributed by atoms with van der Waals surface area (Å²) in [5.74, 6) is 0.423. The van der Waals surface area contributed by atoms with E-state index in [1.54, 1.807) is 11.3 Å². The Morgan fingerprint density at radius 3 is 1.98 bits per heavy atom. The lowest BCUT2D eigenvalue weighted by Gasteiger charge is -2.47. The molecule has 274 valence electrons. The molecule has 54 heavy (non-hydrogen) atoms. The van der Waals surface area contributed by atoms with E-state index in [0.29, 0.717) is 11.5 Å². The first-order chi connectivity index (χ1) is 26.7. The Morgan fingerprint density at radius 1 is 0.741 bits per heavy atom. The number of hydrogen-bond acceptors (Lipinski definition) is 3. The van der Waals surface area contributed by atoms with Crippen LogP contribution in [0.25, 0.3) is 10.1 Å². The molecule has 0 spiro atoms. The molecule has 0 N–H and O–H groups in total. The number of thiophene rings is 1. The highest BCUT2D eigenvalue weighted by atomic mass is 32.1. The maximum atomic E-state index is 8.32. The van der Waals surface area contributed by atoms with Gasteiger partial charge in [0.15, 0.2) is 0 Å². The van der Waals surface area contributed by atoms with Gasteiger partial charge >= 0.3 is 0 Å². The molecule has 2 aliphatic heterocycles. The number of fused-ring (bicyclic) bond motifs is 7. The van der Waals surface area contributed by atoms with Crippen molar-refractivity contribution in [1.82, 2.24) is 0 Å². The van der Waals surface area contributed by atoms with E-state index < -0.39 is 6.85 Å². The zero-order valence-corrected chi connectivity index (χ0v) is 34.8. The molecule has 3 heterocycles. The number of aryl methyl sites for hydroxylation is 3. The van der Waals surface area contributed by atoms with Crippen LogP contribution in [-0.4, -0.2) is 6.71 Å². The summed E-state index contributed by atoms with van der Waals surface area (Å²) in [6, 6.07) is 31.7. The topological polar surface area (TPSA) is 6.48 Å². The lowest BCUT2D eigenvalue weighted by atomic mass is 9.35. The molecule has 1 aromatic heterocycles. The van der Waals surface area contributed by atoms with Gasteiger partial charge in [0, 0.05) is 41.7 Å². The number of benzene rings is 5. The number of hydrogen-bond donors (Lipinski definition) is 0. The quantitative estimate of drug-likeness (QED) is 0.167. The molecular formula is C50H55BN2S. The van der Waals surface area contributed by atoms with Crippen LogP contribution in [-0.2, 0) is 16.2 Å². The minimum absolute atomic E-state index is 0.0289. The summed E-state index contributed by atoms with van der Waals surface area (Å²) in [6.07, 6.45) is 2.28. The molecule has 0 unspecified atom stereocenters. The fourth-order valence-corrected chi connectivity index (χ4v) is 11.1. The summed E-state index contributed by atoms with van der Waals surface area (Å²) in [4.78, 5) is 5.07. The molecule has 9 rings (SSSR count). The van der Waals surface area contributed by atoms with Crippen LogP contribution in [0.3, 0.4) is 0 Å². The fourth-order valence-electron chi connectivity index (χ4n) is 9.74. The van der Waals surface area contributed by atoms with Crippen LogP contribution in [0.2, 0.25) is 0 Å². The van der Waals surface area contributed by atoms with Gasteiger partial charge in [-0.2, -0.15) is 0 Å². The molecule has 0 amide bonds. The van der Waals surface area contributed by atoms with E-state index >= 15 is 0 Å². The summed E-state index contributed by atoms with van der Waals surface area (Å²) in [7, 11) is 0. The van der Waals surface area contributed by atoms with Crippen molar-refractivity contribution in [2.24, 2.45) is 0 Å². The second-order valence-corrected chi connectivity index (χ2v) is 20.1. The number of anilines is 6. The summed E-state index contributed by atoms with van der Waals surface area (Å²) < 4.78 is 27.2. The maximum absolute atomic E-state index is 8.32. The van der Waals surface area contributed by atoms with Crippen LogP contribution < -0.4 is 25.5 Å². The molecule has 0 bridgehead atoms. The number of rotatable bonds is 3. The largest absolute Gasteiger partial charge is 0.311 e. The summed E-state index contributed by atoms with van der Waals surface area (Å²) in [5.41, 5.74) is 18.4. The SMILES string of the molecule is [2H]C([2H])([2H])c1ccc2c3c(sc2c1)B1c2cc4c(cc2N(c2c(C)cc(C(C)(C)C)cc2C)c2cccc(c21)N3c1ccc(C(C)C)cc1)C(C)(C)CCC4(C)C. The van der Waals surface area contributed by atoms with Crippen LogP contribution in [0.15, 0.2) is 84.9 Å². The molecule has 3 aliphatic rings. The van der Waals surface area contributed by atoms with Crippen molar-refractivity contribution >= 4 is 78.0 Å². The minimum Gasteiger partial charge on any atom is -0.311 e. The van der Waals surface area contributed by atoms with Gasteiger partial charge < -0.3 is 9.80 Å². The van der Waals surface area contributed by atoms with Crippen molar-refractivity contribution in [3.63, 3.8) is 0 Å². The second kappa shape index (κ2) is 11.9. The Kier molecular flexibility index (Phi) is 7.03. The zero-order valence-electron chi connectivity index (χ0n) is 37.0. The van der Waals surface area contributed by atoms with Gasteiger partial charge in [-0.15, -0.1) is 11.3 Å². The van der Waals surface area contributed by atoms with E-state index in [-0.39, 0.29) is 23.0 Å². The van der Waals surface area contributed by atoms with Crippen molar-refractivity contribution < 1.29 is 4.11 Å². The molecule has 1 aliphatic carbocycles. The van der Waals surface area contributed by atoms with Gasteiger partial charge in [0.1, 0.15) is 0 Å². The van der Waals surface area contributed by atoms with E-state index in [4.69, 9.17) is 4.11 Å². The summed E-state index contributed by atoms with van der Waals surface area (Å²) in [5, 5.41) is 1.10. The van der Waals surface area contributed by atoms with Gasteiger partial charge in [0.2, 0.25) is 0 Å². The highest BCUT2D eigenvalue weighted by Crippen LogP contribution is 2.52. The Balaban J connectivity index is 1.41. The van der Waals surface area contributed by atoms with Gasteiger partial charge in [-0.1, -0.05) is 111 Å². The molecule has 0 radical (unpaired) electrons. The van der Waals surface area contributed by atoms with Gasteiger partial charge in [0.25, 0.3) is 6.71 Å². The normalized spacial score (nSPS) is 17.8. The molecule has 0 fully saturated rings. The molecule has 0 atom stereocenters. The molecule has 4 heteroatoms. The van der Waals surface area contributed by atoms with Crippen LogP contribution in [0, 0.1) is 20.7 Å². The predicted octanol–water partition coefficient (Wildman–Crippen LogP) is 12.7. The minimum atomic E-state index is -2.19. The van der Waals surface area contributed by atoms with Gasteiger partial charge in [-0.05, 0) is 142 Å². The Bertz CT molecular complexity index is 2600. The van der Waals surface area contributed by atoms with Gasteiger partial charge in [0.05, 0.1) is 11.4 Å². The lowest BCUT2D eigenvalue weighted by Crippen LogP contribution is -2.61. The first kappa shape index (κ1) is 32.0. The third-order valence-electron chi connectivity index (χ3n) is 13.0. The summed E-state index contributed by atoms with van der Waals surface area (Å²) >= 11 is 1.77. The monoisotopic (exact) mass is 729 g/mol. The van der Waals surface area contributed by atoms with E-state index in [2.05, 4.69) is 159 Å². The van der Waals surface area contributed by atoms with Gasteiger partial charge in [-0.3, -0.25) is 0 Å². The first-order valence-electron chi connectivity index (χ1n) is 21.4. The third kappa shape index (κ3) is 5.19. The smallest absolute Gasteiger partial charge is 0.264 e. The molecular weight excluding hydrogens is 671 g/mol. The highest BCUT2D eigenvalue weighted by molar-refractivity contribution is 7.33. The lowest BCUT2D eigenvalue weighted by molar-refractivity contribution is 0.332. The second-order valence-electron chi connectivity index (χ2n) is 19.0. The average Bonchev–Trinajstić information content (AvgIpc) is 3.51. The Labute approximate surface area is 332 Å². The fraction of sp³-hybridized carbons (Fsp3) is 0.360. The van der Waals surface area contributed by atoms with Gasteiger partial charge in [-0.25, -0.2) is 0 Å². The summed E-state index contributed by atoms with van der Waals surface area (Å²) in [6.45, 7) is 23.5. The standard InChI is InChI=1S/C50H55BN2S/c1-29(2)33-17-19-35(20-18-33)52-40-14-13-15-41-44(40)51(47-46(52)36-21-16-30(3)24-43(36)54-47)39-27-37-38(50(11,12)23-22-49(37,9)10)28-42(39)53(41)45-31(4)25-34(26-32(45)5)48(6,7)8/h13-21,24-29H,22-23H2,1-12H3/i3D3.